The summed E-state index contributed by atoms with van der Waals surface area (Å²) in [6.45, 7) is 3.68. The van der Waals surface area contributed by atoms with Gasteiger partial charge in [-0.05, 0) is 30.9 Å². The molecular formula is C19H19N3O2. The minimum Gasteiger partial charge on any atom is -0.306 e. The molecule has 0 unspecified atom stereocenters. The number of aromatic nitrogens is 1. The topological polar surface area (TPSA) is 54.8 Å². The predicted molar refractivity (Wildman–Crippen MR) is 91.8 cm³/mol. The number of hydrogen-bond acceptors (Lipinski definition) is 4. The molecule has 122 valence electrons. The Hall–Kier alpha value is -2.69. The number of carbonyl (C=O) groups excluding carboxylic acids is 1. The Morgan fingerprint density at radius 2 is 1.83 bits per heavy atom. The summed E-state index contributed by atoms with van der Waals surface area (Å²) in [5, 5.41) is 4.19. The van der Waals surface area contributed by atoms with Gasteiger partial charge in [-0.25, -0.2) is 4.79 Å². The lowest BCUT2D eigenvalue weighted by Gasteiger charge is -2.28. The van der Waals surface area contributed by atoms with Crippen molar-refractivity contribution in [2.75, 3.05) is 13.1 Å². The molecule has 24 heavy (non-hydrogen) atoms. The van der Waals surface area contributed by atoms with Gasteiger partial charge in [0.2, 0.25) is 0 Å². The van der Waals surface area contributed by atoms with E-state index in [1.807, 2.05) is 36.4 Å². The van der Waals surface area contributed by atoms with Crippen molar-refractivity contribution in [3.8, 4) is 11.3 Å². The van der Waals surface area contributed by atoms with Crippen LogP contribution in [-0.4, -0.2) is 34.8 Å². The lowest BCUT2D eigenvalue weighted by molar-refractivity contribution is 0.0920. The standard InChI is InChI=1S/C19H19N3O2/c1-13-8-11-22(12-9-13)19(23)24-21-18-15-6-3-2-5-14(15)17-16(18)7-4-10-20-17/h2-7,10,13H,8-9,11-12H2,1H3/b21-18+. The summed E-state index contributed by atoms with van der Waals surface area (Å²) in [4.78, 5) is 23.7. The van der Waals surface area contributed by atoms with E-state index in [0.29, 0.717) is 11.6 Å². The molecule has 5 heteroatoms. The Balaban J connectivity index is 1.60. The van der Waals surface area contributed by atoms with E-state index in [2.05, 4.69) is 17.1 Å². The Morgan fingerprint density at radius 3 is 2.62 bits per heavy atom. The number of amides is 1. The Kier molecular flexibility index (Phi) is 3.76. The van der Waals surface area contributed by atoms with E-state index >= 15 is 0 Å². The van der Waals surface area contributed by atoms with Gasteiger partial charge < -0.3 is 4.90 Å². The highest BCUT2D eigenvalue weighted by Gasteiger charge is 2.27. The number of piperidine rings is 1. The summed E-state index contributed by atoms with van der Waals surface area (Å²) in [7, 11) is 0. The molecule has 1 aliphatic heterocycles. The van der Waals surface area contributed by atoms with Crippen molar-refractivity contribution in [3.63, 3.8) is 0 Å². The van der Waals surface area contributed by atoms with Crippen LogP contribution in [0.1, 0.15) is 30.9 Å². The number of likely N-dealkylation sites (tertiary alicyclic amines) is 1. The number of benzene rings is 1. The highest BCUT2D eigenvalue weighted by molar-refractivity contribution is 6.23. The molecule has 1 aliphatic carbocycles. The fourth-order valence-corrected chi connectivity index (χ4v) is 3.28. The second-order valence-electron chi connectivity index (χ2n) is 6.41. The van der Waals surface area contributed by atoms with E-state index < -0.39 is 0 Å². The number of oxime groups is 1. The number of pyridine rings is 1. The summed E-state index contributed by atoms with van der Waals surface area (Å²) < 4.78 is 0. The smallest absolute Gasteiger partial charge is 0.306 e. The summed E-state index contributed by atoms with van der Waals surface area (Å²) in [5.41, 5.74) is 4.43. The average molecular weight is 321 g/mol. The summed E-state index contributed by atoms with van der Waals surface area (Å²) >= 11 is 0. The van der Waals surface area contributed by atoms with E-state index in [1.54, 1.807) is 11.1 Å². The molecule has 0 bridgehead atoms. The molecule has 2 aliphatic rings. The average Bonchev–Trinajstić information content (AvgIpc) is 2.94. The first kappa shape index (κ1) is 14.9. The van der Waals surface area contributed by atoms with Gasteiger partial charge in [0.15, 0.2) is 0 Å². The van der Waals surface area contributed by atoms with Gasteiger partial charge in [0.25, 0.3) is 0 Å². The lowest BCUT2D eigenvalue weighted by Crippen LogP contribution is -2.37. The van der Waals surface area contributed by atoms with Gasteiger partial charge in [-0.3, -0.25) is 9.82 Å². The number of fused-ring (bicyclic) bond motifs is 3. The first-order valence-corrected chi connectivity index (χ1v) is 8.33. The lowest BCUT2D eigenvalue weighted by atomic mass is 10.00. The monoisotopic (exact) mass is 321 g/mol. The minimum absolute atomic E-state index is 0.371. The molecule has 5 nitrogen and oxygen atoms in total. The van der Waals surface area contributed by atoms with Crippen LogP contribution in [0, 0.1) is 5.92 Å². The van der Waals surface area contributed by atoms with E-state index in [1.165, 1.54) is 0 Å². The molecule has 2 heterocycles. The molecule has 2 aromatic rings. The van der Waals surface area contributed by atoms with Crippen LogP contribution >= 0.6 is 0 Å². The van der Waals surface area contributed by atoms with Crippen LogP contribution in [0.15, 0.2) is 47.8 Å². The Morgan fingerprint density at radius 1 is 1.12 bits per heavy atom. The SMILES string of the molecule is CC1CCN(C(=O)O/N=C2\c3ccccc3-c3ncccc32)CC1. The second kappa shape index (κ2) is 6.07. The van der Waals surface area contributed by atoms with Gasteiger partial charge in [0.1, 0.15) is 5.71 Å². The quantitative estimate of drug-likeness (QED) is 0.507. The maximum atomic E-state index is 12.3. The summed E-state index contributed by atoms with van der Waals surface area (Å²) in [6.07, 6.45) is 3.42. The van der Waals surface area contributed by atoms with Crippen LogP contribution in [0.5, 0.6) is 0 Å². The van der Waals surface area contributed by atoms with E-state index in [4.69, 9.17) is 4.84 Å². The van der Waals surface area contributed by atoms with E-state index in [9.17, 15) is 4.79 Å². The minimum atomic E-state index is -0.371. The molecule has 0 atom stereocenters. The Labute approximate surface area is 141 Å². The highest BCUT2D eigenvalue weighted by atomic mass is 16.7. The molecule has 1 aromatic heterocycles. The molecule has 0 saturated carbocycles. The normalized spacial score (nSPS) is 18.4. The molecule has 1 amide bonds. The van der Waals surface area contributed by atoms with Crippen molar-refractivity contribution in [1.29, 1.82) is 0 Å². The van der Waals surface area contributed by atoms with Gasteiger partial charge in [-0.15, -0.1) is 0 Å². The molecule has 1 fully saturated rings. The third-order valence-corrected chi connectivity index (χ3v) is 4.76. The van der Waals surface area contributed by atoms with Crippen LogP contribution in [0.3, 0.4) is 0 Å². The van der Waals surface area contributed by atoms with Gasteiger partial charge in [0.05, 0.1) is 5.69 Å². The molecule has 4 rings (SSSR count). The van der Waals surface area contributed by atoms with Gasteiger partial charge >= 0.3 is 6.09 Å². The van der Waals surface area contributed by atoms with Gasteiger partial charge in [0, 0.05) is 36.0 Å². The highest BCUT2D eigenvalue weighted by Crippen LogP contribution is 2.35. The van der Waals surface area contributed by atoms with E-state index in [0.717, 1.165) is 48.3 Å². The third kappa shape index (κ3) is 2.56. The Bertz CT molecular complexity index is 760. The fraction of sp³-hybridized carbons (Fsp3) is 0.316. The number of hydrogen-bond donors (Lipinski definition) is 0. The van der Waals surface area contributed by atoms with Gasteiger partial charge in [-0.2, -0.15) is 0 Å². The third-order valence-electron chi connectivity index (χ3n) is 4.76. The number of carbonyl (C=O) groups is 1. The summed E-state index contributed by atoms with van der Waals surface area (Å²) in [6, 6.07) is 11.7. The largest absolute Gasteiger partial charge is 0.435 e. The predicted octanol–water partition coefficient (Wildman–Crippen LogP) is 3.68. The van der Waals surface area contributed by atoms with Crippen molar-refractivity contribution < 1.29 is 9.63 Å². The van der Waals surface area contributed by atoms with Crippen LogP contribution in [0.2, 0.25) is 0 Å². The summed E-state index contributed by atoms with van der Waals surface area (Å²) in [5.74, 6) is 0.667. The second-order valence-corrected chi connectivity index (χ2v) is 6.41. The van der Waals surface area contributed by atoms with Crippen LogP contribution in [0.4, 0.5) is 4.79 Å². The number of nitrogens with zero attached hydrogens (tertiary/aromatic N) is 3. The molecule has 0 radical (unpaired) electrons. The molecule has 1 saturated heterocycles. The van der Waals surface area contributed by atoms with Crippen molar-refractivity contribution >= 4 is 11.8 Å². The van der Waals surface area contributed by atoms with Crippen LogP contribution in [0.25, 0.3) is 11.3 Å². The molecular weight excluding hydrogens is 302 g/mol. The first-order chi connectivity index (χ1) is 11.7. The van der Waals surface area contributed by atoms with Crippen LogP contribution in [-0.2, 0) is 4.84 Å². The first-order valence-electron chi connectivity index (χ1n) is 8.33. The van der Waals surface area contributed by atoms with Crippen molar-refractivity contribution in [2.45, 2.75) is 19.8 Å². The zero-order chi connectivity index (χ0) is 16.5. The molecule has 0 N–H and O–H groups in total. The maximum absolute atomic E-state index is 12.3. The zero-order valence-electron chi connectivity index (χ0n) is 13.6. The number of rotatable bonds is 1. The van der Waals surface area contributed by atoms with Crippen molar-refractivity contribution in [2.24, 2.45) is 11.1 Å². The fourth-order valence-electron chi connectivity index (χ4n) is 3.28. The van der Waals surface area contributed by atoms with Gasteiger partial charge in [-0.1, -0.05) is 36.3 Å². The van der Waals surface area contributed by atoms with E-state index in [-0.39, 0.29) is 6.09 Å². The zero-order valence-corrected chi connectivity index (χ0v) is 13.6. The maximum Gasteiger partial charge on any atom is 0.435 e. The van der Waals surface area contributed by atoms with Crippen LogP contribution < -0.4 is 0 Å². The molecule has 1 aromatic carbocycles. The molecule has 0 spiro atoms. The van der Waals surface area contributed by atoms with Crippen molar-refractivity contribution in [3.05, 3.63) is 53.7 Å². The van der Waals surface area contributed by atoms with Crippen molar-refractivity contribution in [1.82, 2.24) is 9.88 Å².